The van der Waals surface area contributed by atoms with Crippen LogP contribution in [0.3, 0.4) is 0 Å². The number of nitrogens with two attached hydrogens (primary N) is 1. The second-order valence-corrected chi connectivity index (χ2v) is 5.76. The zero-order valence-electron chi connectivity index (χ0n) is 11.1. The molecule has 5 nitrogen and oxygen atoms in total. The van der Waals surface area contributed by atoms with Crippen molar-refractivity contribution in [3.63, 3.8) is 0 Å². The highest BCUT2D eigenvalue weighted by Crippen LogP contribution is 2.34. The number of ether oxygens (including phenoxy) is 1. The third-order valence-electron chi connectivity index (χ3n) is 3.30. The quantitative estimate of drug-likeness (QED) is 0.823. The van der Waals surface area contributed by atoms with E-state index in [-0.39, 0.29) is 12.6 Å². The zero-order valence-corrected chi connectivity index (χ0v) is 11.9. The smallest absolute Gasteiger partial charge is 0.350 e. The number of esters is 1. The molecule has 0 amide bonds. The van der Waals surface area contributed by atoms with E-state index in [0.29, 0.717) is 23.1 Å². The Hall–Kier alpha value is -1.27. The Labute approximate surface area is 117 Å². The average molecular weight is 284 g/mol. The fraction of sp³-hybridized carbons (Fsp3) is 0.615. The van der Waals surface area contributed by atoms with Crippen LogP contribution in [0.15, 0.2) is 6.07 Å². The van der Waals surface area contributed by atoms with Gasteiger partial charge < -0.3 is 20.5 Å². The summed E-state index contributed by atoms with van der Waals surface area (Å²) in [6.45, 7) is 4.10. The van der Waals surface area contributed by atoms with Crippen LogP contribution in [-0.4, -0.2) is 37.4 Å². The molecule has 106 valence electrons. The molecule has 6 heteroatoms. The fourth-order valence-electron chi connectivity index (χ4n) is 2.32. The van der Waals surface area contributed by atoms with Crippen LogP contribution >= 0.6 is 11.3 Å². The predicted molar refractivity (Wildman–Crippen MR) is 76.7 cm³/mol. The Bertz CT molecular complexity index is 447. The fourth-order valence-corrected chi connectivity index (χ4v) is 3.33. The van der Waals surface area contributed by atoms with E-state index in [2.05, 4.69) is 4.90 Å². The molecule has 19 heavy (non-hydrogen) atoms. The van der Waals surface area contributed by atoms with E-state index in [1.54, 1.807) is 6.92 Å². The highest BCUT2D eigenvalue weighted by Gasteiger charge is 2.23. The maximum atomic E-state index is 11.7. The number of carbonyl (C=O) groups is 1. The molecule has 0 aromatic carbocycles. The minimum absolute atomic E-state index is 0.210. The van der Waals surface area contributed by atoms with Crippen LogP contribution in [0.1, 0.15) is 29.4 Å². The first-order valence-corrected chi connectivity index (χ1v) is 7.39. The lowest BCUT2D eigenvalue weighted by atomic mass is 9.99. The van der Waals surface area contributed by atoms with Crippen LogP contribution in [0.2, 0.25) is 0 Å². The van der Waals surface area contributed by atoms with Gasteiger partial charge in [0.05, 0.1) is 17.3 Å². The minimum atomic E-state index is -0.355. The average Bonchev–Trinajstić information content (AvgIpc) is 2.81. The molecule has 1 aliphatic heterocycles. The third kappa shape index (κ3) is 3.19. The number of rotatable bonds is 4. The van der Waals surface area contributed by atoms with Gasteiger partial charge in [0.2, 0.25) is 0 Å². The van der Waals surface area contributed by atoms with Gasteiger partial charge in [-0.2, -0.15) is 0 Å². The normalized spacial score (nSPS) is 19.5. The van der Waals surface area contributed by atoms with Gasteiger partial charge in [0.1, 0.15) is 4.88 Å². The summed E-state index contributed by atoms with van der Waals surface area (Å²) in [5.41, 5.74) is 6.36. The van der Waals surface area contributed by atoms with Crippen LogP contribution in [0.4, 0.5) is 10.7 Å². The lowest BCUT2D eigenvalue weighted by Gasteiger charge is -2.32. The van der Waals surface area contributed by atoms with Gasteiger partial charge in [-0.15, -0.1) is 11.3 Å². The maximum absolute atomic E-state index is 11.7. The molecule has 1 aromatic rings. The van der Waals surface area contributed by atoms with E-state index in [1.807, 2.05) is 6.07 Å². The molecule has 0 spiro atoms. The number of piperidine rings is 1. The number of carbonyl (C=O) groups excluding carboxylic acids is 1. The van der Waals surface area contributed by atoms with Crippen molar-refractivity contribution in [1.29, 1.82) is 0 Å². The first kappa shape index (κ1) is 14.1. The van der Waals surface area contributed by atoms with Gasteiger partial charge in [0.15, 0.2) is 0 Å². The summed E-state index contributed by atoms with van der Waals surface area (Å²) in [6, 6.07) is 1.83. The number of nitrogen functional groups attached to an aromatic ring is 1. The Morgan fingerprint density at radius 2 is 2.47 bits per heavy atom. The molecular weight excluding hydrogens is 264 g/mol. The lowest BCUT2D eigenvalue weighted by Crippen LogP contribution is -2.36. The number of nitrogens with zero attached hydrogens (tertiary/aromatic N) is 1. The standard InChI is InChI=1S/C13H20N2O3S/c1-2-18-13(17)12-10(14)6-11(19-12)15-5-3-4-9(7-15)8-16/h6,9,16H,2-5,7-8,14H2,1H3. The van der Waals surface area contributed by atoms with Gasteiger partial charge in [-0.1, -0.05) is 0 Å². The van der Waals surface area contributed by atoms with Gasteiger partial charge >= 0.3 is 5.97 Å². The second kappa shape index (κ2) is 6.25. The number of aliphatic hydroxyl groups is 1. The highest BCUT2D eigenvalue weighted by atomic mass is 32.1. The molecular formula is C13H20N2O3S. The van der Waals surface area contributed by atoms with Crippen molar-refractivity contribution in [2.45, 2.75) is 19.8 Å². The summed E-state index contributed by atoms with van der Waals surface area (Å²) in [6.07, 6.45) is 2.11. The summed E-state index contributed by atoms with van der Waals surface area (Å²) in [5.74, 6) is -0.0462. The zero-order chi connectivity index (χ0) is 13.8. The summed E-state index contributed by atoms with van der Waals surface area (Å²) < 4.78 is 4.98. The summed E-state index contributed by atoms with van der Waals surface area (Å²) in [5, 5.41) is 10.2. The molecule has 2 heterocycles. The molecule has 1 unspecified atom stereocenters. The van der Waals surface area contributed by atoms with Crippen LogP contribution in [0.5, 0.6) is 0 Å². The molecule has 1 fully saturated rings. The Morgan fingerprint density at radius 3 is 3.16 bits per heavy atom. The van der Waals surface area contributed by atoms with Gasteiger partial charge in [-0.25, -0.2) is 4.79 Å². The van der Waals surface area contributed by atoms with Gasteiger partial charge in [0.25, 0.3) is 0 Å². The van der Waals surface area contributed by atoms with Gasteiger partial charge in [-0.05, 0) is 31.7 Å². The highest BCUT2D eigenvalue weighted by molar-refractivity contribution is 7.18. The third-order valence-corrected chi connectivity index (χ3v) is 4.49. The number of hydrogen-bond donors (Lipinski definition) is 2. The predicted octanol–water partition coefficient (Wildman–Crippen LogP) is 1.72. The Morgan fingerprint density at radius 1 is 1.68 bits per heavy atom. The first-order chi connectivity index (χ1) is 9.15. The number of aliphatic hydroxyl groups excluding tert-OH is 1. The SMILES string of the molecule is CCOC(=O)c1sc(N2CCCC(CO)C2)cc1N. The van der Waals surface area contributed by atoms with E-state index < -0.39 is 0 Å². The number of thiophene rings is 1. The molecule has 3 N–H and O–H groups in total. The second-order valence-electron chi connectivity index (χ2n) is 4.73. The largest absolute Gasteiger partial charge is 0.462 e. The van der Waals surface area contributed by atoms with Crippen LogP contribution in [0, 0.1) is 5.92 Å². The van der Waals surface area contributed by atoms with E-state index in [1.165, 1.54) is 11.3 Å². The molecule has 1 aliphatic rings. The van der Waals surface area contributed by atoms with Crippen molar-refractivity contribution >= 4 is 28.0 Å². The number of anilines is 2. The van der Waals surface area contributed by atoms with Crippen molar-refractivity contribution in [1.82, 2.24) is 0 Å². The molecule has 0 aliphatic carbocycles. The van der Waals surface area contributed by atoms with Crippen molar-refractivity contribution in [2.24, 2.45) is 5.92 Å². The molecule has 1 saturated heterocycles. The summed E-state index contributed by atoms with van der Waals surface area (Å²) >= 11 is 1.37. The van der Waals surface area contributed by atoms with Crippen molar-refractivity contribution in [3.05, 3.63) is 10.9 Å². The summed E-state index contributed by atoms with van der Waals surface area (Å²) in [4.78, 5) is 14.4. The monoisotopic (exact) mass is 284 g/mol. The minimum Gasteiger partial charge on any atom is -0.462 e. The number of hydrogen-bond acceptors (Lipinski definition) is 6. The van der Waals surface area contributed by atoms with E-state index in [4.69, 9.17) is 10.5 Å². The van der Waals surface area contributed by atoms with Crippen LogP contribution < -0.4 is 10.6 Å². The molecule has 1 atom stereocenters. The van der Waals surface area contributed by atoms with Gasteiger partial charge in [-0.3, -0.25) is 0 Å². The Balaban J connectivity index is 2.13. The van der Waals surface area contributed by atoms with E-state index in [0.717, 1.165) is 30.9 Å². The maximum Gasteiger partial charge on any atom is 0.350 e. The van der Waals surface area contributed by atoms with E-state index in [9.17, 15) is 9.90 Å². The van der Waals surface area contributed by atoms with Crippen LogP contribution in [0.25, 0.3) is 0 Å². The Kier molecular flexibility index (Phi) is 4.66. The molecule has 0 radical (unpaired) electrons. The molecule has 0 bridgehead atoms. The topological polar surface area (TPSA) is 75.8 Å². The first-order valence-electron chi connectivity index (χ1n) is 6.58. The van der Waals surface area contributed by atoms with Crippen molar-refractivity contribution < 1.29 is 14.6 Å². The summed E-state index contributed by atoms with van der Waals surface area (Å²) in [7, 11) is 0. The van der Waals surface area contributed by atoms with Crippen molar-refractivity contribution in [3.8, 4) is 0 Å². The lowest BCUT2D eigenvalue weighted by molar-refractivity contribution is 0.0533. The van der Waals surface area contributed by atoms with E-state index >= 15 is 0 Å². The van der Waals surface area contributed by atoms with Crippen molar-refractivity contribution in [2.75, 3.05) is 36.9 Å². The molecule has 0 saturated carbocycles. The molecule has 2 rings (SSSR count). The molecule has 1 aromatic heterocycles. The van der Waals surface area contributed by atoms with Gasteiger partial charge in [0, 0.05) is 19.7 Å². The van der Waals surface area contributed by atoms with Crippen LogP contribution in [-0.2, 0) is 4.74 Å².